The SMILES string of the molecule is COc1ccc(OC)c(CC(=O)NC(C)CN)c1. The Morgan fingerprint density at radius 2 is 2.11 bits per heavy atom. The van der Waals surface area contributed by atoms with Gasteiger partial charge in [0, 0.05) is 18.2 Å². The van der Waals surface area contributed by atoms with Gasteiger partial charge in [-0.1, -0.05) is 0 Å². The van der Waals surface area contributed by atoms with E-state index in [1.54, 1.807) is 32.4 Å². The van der Waals surface area contributed by atoms with Crippen molar-refractivity contribution < 1.29 is 14.3 Å². The van der Waals surface area contributed by atoms with E-state index in [0.29, 0.717) is 18.0 Å². The van der Waals surface area contributed by atoms with Crippen LogP contribution in [0.25, 0.3) is 0 Å². The summed E-state index contributed by atoms with van der Waals surface area (Å²) in [6.45, 7) is 2.28. The second-order valence-electron chi connectivity index (χ2n) is 4.06. The van der Waals surface area contributed by atoms with Gasteiger partial charge in [-0.05, 0) is 25.1 Å². The molecule has 5 nitrogen and oxygen atoms in total. The summed E-state index contributed by atoms with van der Waals surface area (Å²) in [5.74, 6) is 1.29. The fourth-order valence-electron chi connectivity index (χ4n) is 1.58. The molecule has 1 aromatic rings. The quantitative estimate of drug-likeness (QED) is 0.782. The van der Waals surface area contributed by atoms with Crippen LogP contribution in [-0.4, -0.2) is 32.7 Å². The highest BCUT2D eigenvalue weighted by molar-refractivity contribution is 5.79. The number of benzene rings is 1. The van der Waals surface area contributed by atoms with Crippen molar-refractivity contribution in [3.8, 4) is 11.5 Å². The summed E-state index contributed by atoms with van der Waals surface area (Å²) in [6, 6.07) is 5.34. The van der Waals surface area contributed by atoms with Crippen molar-refractivity contribution in [2.24, 2.45) is 5.73 Å². The third kappa shape index (κ3) is 3.92. The molecule has 100 valence electrons. The predicted octanol–water partition coefficient (Wildman–Crippen LogP) is 0.710. The first-order valence-corrected chi connectivity index (χ1v) is 5.81. The summed E-state index contributed by atoms with van der Waals surface area (Å²) in [6.07, 6.45) is 0.241. The molecule has 0 aliphatic rings. The summed E-state index contributed by atoms with van der Waals surface area (Å²) in [5.41, 5.74) is 6.25. The molecular formula is C13H20N2O3. The molecule has 0 aliphatic carbocycles. The number of hydrogen-bond acceptors (Lipinski definition) is 4. The lowest BCUT2D eigenvalue weighted by atomic mass is 10.1. The second-order valence-corrected chi connectivity index (χ2v) is 4.06. The van der Waals surface area contributed by atoms with Gasteiger partial charge in [-0.3, -0.25) is 4.79 Å². The molecule has 0 saturated heterocycles. The molecule has 1 rings (SSSR count). The summed E-state index contributed by atoms with van der Waals surface area (Å²) in [5, 5.41) is 2.81. The van der Waals surface area contributed by atoms with Crippen LogP contribution in [0.3, 0.4) is 0 Å². The minimum Gasteiger partial charge on any atom is -0.497 e. The van der Waals surface area contributed by atoms with E-state index in [1.165, 1.54) is 0 Å². The molecule has 1 aromatic carbocycles. The monoisotopic (exact) mass is 252 g/mol. The molecule has 1 amide bonds. The molecule has 0 radical (unpaired) electrons. The predicted molar refractivity (Wildman–Crippen MR) is 69.9 cm³/mol. The van der Waals surface area contributed by atoms with Gasteiger partial charge in [0.05, 0.1) is 20.6 Å². The topological polar surface area (TPSA) is 73.6 Å². The molecule has 5 heteroatoms. The van der Waals surface area contributed by atoms with E-state index in [4.69, 9.17) is 15.2 Å². The number of carbonyl (C=O) groups excluding carboxylic acids is 1. The number of carbonyl (C=O) groups is 1. The molecule has 1 atom stereocenters. The van der Waals surface area contributed by atoms with Crippen molar-refractivity contribution in [2.75, 3.05) is 20.8 Å². The third-order valence-electron chi connectivity index (χ3n) is 2.60. The molecule has 0 saturated carbocycles. The van der Waals surface area contributed by atoms with Gasteiger partial charge in [0.25, 0.3) is 0 Å². The molecule has 0 aromatic heterocycles. The van der Waals surface area contributed by atoms with Crippen LogP contribution in [0.2, 0.25) is 0 Å². The van der Waals surface area contributed by atoms with Crippen molar-refractivity contribution >= 4 is 5.91 Å². The normalized spacial score (nSPS) is 11.8. The Balaban J connectivity index is 2.78. The zero-order valence-electron chi connectivity index (χ0n) is 11.0. The summed E-state index contributed by atoms with van der Waals surface area (Å²) < 4.78 is 10.3. The van der Waals surface area contributed by atoms with E-state index in [9.17, 15) is 4.79 Å². The van der Waals surface area contributed by atoms with E-state index in [1.807, 2.05) is 6.92 Å². The van der Waals surface area contributed by atoms with Crippen molar-refractivity contribution in [3.63, 3.8) is 0 Å². The molecule has 0 bridgehead atoms. The number of hydrogen-bond donors (Lipinski definition) is 2. The van der Waals surface area contributed by atoms with Crippen molar-refractivity contribution in [1.82, 2.24) is 5.32 Å². The average molecular weight is 252 g/mol. The van der Waals surface area contributed by atoms with E-state index in [0.717, 1.165) is 5.56 Å². The Kier molecular flexibility index (Phi) is 5.45. The standard InChI is InChI=1S/C13H20N2O3/c1-9(8-14)15-13(16)7-10-6-11(17-2)4-5-12(10)18-3/h4-6,9H,7-8,14H2,1-3H3,(H,15,16). The smallest absolute Gasteiger partial charge is 0.224 e. The van der Waals surface area contributed by atoms with Crippen LogP contribution in [0.5, 0.6) is 11.5 Å². The lowest BCUT2D eigenvalue weighted by Gasteiger charge is -2.13. The van der Waals surface area contributed by atoms with Gasteiger partial charge in [0.2, 0.25) is 5.91 Å². The Bertz CT molecular complexity index is 407. The summed E-state index contributed by atoms with van der Waals surface area (Å²) in [4.78, 5) is 11.8. The molecule has 0 fully saturated rings. The molecule has 0 aliphatic heterocycles. The van der Waals surface area contributed by atoms with Gasteiger partial charge in [-0.25, -0.2) is 0 Å². The third-order valence-corrected chi connectivity index (χ3v) is 2.60. The largest absolute Gasteiger partial charge is 0.497 e. The second kappa shape index (κ2) is 6.86. The highest BCUT2D eigenvalue weighted by atomic mass is 16.5. The number of rotatable bonds is 6. The maximum Gasteiger partial charge on any atom is 0.224 e. The molecule has 0 heterocycles. The maximum absolute atomic E-state index is 11.8. The fraction of sp³-hybridized carbons (Fsp3) is 0.462. The number of methoxy groups -OCH3 is 2. The Morgan fingerprint density at radius 3 is 2.67 bits per heavy atom. The lowest BCUT2D eigenvalue weighted by molar-refractivity contribution is -0.121. The first kappa shape index (κ1) is 14.3. The molecule has 3 N–H and O–H groups in total. The first-order chi connectivity index (χ1) is 8.60. The van der Waals surface area contributed by atoms with Gasteiger partial charge in [0.1, 0.15) is 11.5 Å². The van der Waals surface area contributed by atoms with Gasteiger partial charge < -0.3 is 20.5 Å². The van der Waals surface area contributed by atoms with Crippen LogP contribution < -0.4 is 20.5 Å². The van der Waals surface area contributed by atoms with E-state index in [-0.39, 0.29) is 18.4 Å². The van der Waals surface area contributed by atoms with E-state index in [2.05, 4.69) is 5.32 Å². The summed E-state index contributed by atoms with van der Waals surface area (Å²) in [7, 11) is 3.16. The number of nitrogens with two attached hydrogens (primary N) is 1. The Labute approximate surface area is 107 Å². The number of nitrogens with one attached hydrogen (secondary N) is 1. The van der Waals surface area contributed by atoms with Crippen LogP contribution in [0.15, 0.2) is 18.2 Å². The Morgan fingerprint density at radius 1 is 1.39 bits per heavy atom. The van der Waals surface area contributed by atoms with Crippen molar-refractivity contribution in [3.05, 3.63) is 23.8 Å². The van der Waals surface area contributed by atoms with Crippen molar-refractivity contribution in [1.29, 1.82) is 0 Å². The maximum atomic E-state index is 11.8. The summed E-state index contributed by atoms with van der Waals surface area (Å²) >= 11 is 0. The molecule has 1 unspecified atom stereocenters. The highest BCUT2D eigenvalue weighted by Gasteiger charge is 2.11. The number of ether oxygens (including phenoxy) is 2. The number of amides is 1. The molecular weight excluding hydrogens is 232 g/mol. The fourth-order valence-corrected chi connectivity index (χ4v) is 1.58. The van der Waals surface area contributed by atoms with Crippen molar-refractivity contribution in [2.45, 2.75) is 19.4 Å². The molecule has 0 spiro atoms. The highest BCUT2D eigenvalue weighted by Crippen LogP contribution is 2.24. The van der Waals surface area contributed by atoms with Crippen LogP contribution in [0, 0.1) is 0 Å². The average Bonchev–Trinajstić information content (AvgIpc) is 2.38. The minimum absolute atomic E-state index is 0.0332. The minimum atomic E-state index is -0.0838. The van der Waals surface area contributed by atoms with Crippen LogP contribution in [0.4, 0.5) is 0 Å². The van der Waals surface area contributed by atoms with Crippen LogP contribution in [0.1, 0.15) is 12.5 Å². The van der Waals surface area contributed by atoms with Crippen LogP contribution >= 0.6 is 0 Å². The molecule has 18 heavy (non-hydrogen) atoms. The first-order valence-electron chi connectivity index (χ1n) is 5.81. The zero-order chi connectivity index (χ0) is 13.5. The van der Waals surface area contributed by atoms with E-state index < -0.39 is 0 Å². The lowest BCUT2D eigenvalue weighted by Crippen LogP contribution is -2.38. The van der Waals surface area contributed by atoms with Gasteiger partial charge in [0.15, 0.2) is 0 Å². The van der Waals surface area contributed by atoms with Gasteiger partial charge >= 0.3 is 0 Å². The van der Waals surface area contributed by atoms with Gasteiger partial charge in [-0.2, -0.15) is 0 Å². The Hall–Kier alpha value is -1.75. The van der Waals surface area contributed by atoms with Crippen LogP contribution in [-0.2, 0) is 11.2 Å². The zero-order valence-corrected chi connectivity index (χ0v) is 11.0. The van der Waals surface area contributed by atoms with E-state index >= 15 is 0 Å². The van der Waals surface area contributed by atoms with Gasteiger partial charge in [-0.15, -0.1) is 0 Å².